The molecular weight excluding hydrogens is 286 g/mol. The van der Waals surface area contributed by atoms with Crippen molar-refractivity contribution in [1.29, 1.82) is 0 Å². The number of hydrogen-bond donors (Lipinski definition) is 1. The number of benzene rings is 1. The van der Waals surface area contributed by atoms with E-state index in [0.29, 0.717) is 5.92 Å². The number of halogens is 1. The molecule has 2 aliphatic rings. The van der Waals surface area contributed by atoms with E-state index in [-0.39, 0.29) is 11.6 Å². The monoisotopic (exact) mass is 309 g/mol. The Hall–Kier alpha value is -0.610. The van der Waals surface area contributed by atoms with Gasteiger partial charge in [0.05, 0.1) is 5.60 Å². The van der Waals surface area contributed by atoms with Gasteiger partial charge in [-0.3, -0.25) is 0 Å². The molecule has 0 radical (unpaired) electrons. The molecule has 2 saturated heterocycles. The minimum Gasteiger partial charge on any atom is -0.381 e. The van der Waals surface area contributed by atoms with Crippen LogP contribution in [0, 0.1) is 12.8 Å². The predicted molar refractivity (Wildman–Crippen MR) is 84.6 cm³/mol. The average Bonchev–Trinajstić information content (AvgIpc) is 2.46. The molecule has 21 heavy (non-hydrogen) atoms. The summed E-state index contributed by atoms with van der Waals surface area (Å²) in [5, 5.41) is 0.772. The maximum atomic E-state index is 6.55. The van der Waals surface area contributed by atoms with E-state index in [1.807, 2.05) is 12.1 Å². The van der Waals surface area contributed by atoms with Gasteiger partial charge >= 0.3 is 0 Å². The highest BCUT2D eigenvalue weighted by atomic mass is 35.5. The Labute approximate surface area is 131 Å². The van der Waals surface area contributed by atoms with Gasteiger partial charge in [0.15, 0.2) is 0 Å². The molecule has 0 aromatic heterocycles. The predicted octanol–water partition coefficient (Wildman–Crippen LogP) is 3.62. The first kappa shape index (κ1) is 15.3. The van der Waals surface area contributed by atoms with Crippen LogP contribution in [0.25, 0.3) is 0 Å². The van der Waals surface area contributed by atoms with Crippen molar-refractivity contribution in [3.05, 3.63) is 34.3 Å². The Balaban J connectivity index is 1.76. The molecule has 2 heterocycles. The van der Waals surface area contributed by atoms with E-state index in [4.69, 9.17) is 26.8 Å². The molecule has 3 nitrogen and oxygen atoms in total. The lowest BCUT2D eigenvalue weighted by Gasteiger charge is -2.44. The van der Waals surface area contributed by atoms with Crippen LogP contribution in [0.4, 0.5) is 0 Å². The highest BCUT2D eigenvalue weighted by molar-refractivity contribution is 6.30. The molecule has 0 amide bonds. The quantitative estimate of drug-likeness (QED) is 0.907. The van der Waals surface area contributed by atoms with Crippen molar-refractivity contribution in [2.24, 2.45) is 11.7 Å². The SMILES string of the molecule is Cc1cc(Cl)cc(C(N)C2CCOC3(CCOCC3)C2)c1. The van der Waals surface area contributed by atoms with Crippen LogP contribution in [0.3, 0.4) is 0 Å². The molecule has 1 aromatic carbocycles. The van der Waals surface area contributed by atoms with E-state index in [2.05, 4.69) is 13.0 Å². The van der Waals surface area contributed by atoms with Crippen LogP contribution in [0.1, 0.15) is 42.9 Å². The second-order valence-electron chi connectivity index (χ2n) is 6.48. The highest BCUT2D eigenvalue weighted by Gasteiger charge is 2.40. The minimum atomic E-state index is -0.00753. The molecule has 2 N–H and O–H groups in total. The third-order valence-corrected chi connectivity index (χ3v) is 5.11. The summed E-state index contributed by atoms with van der Waals surface area (Å²) in [6.45, 7) is 4.47. The second-order valence-corrected chi connectivity index (χ2v) is 6.92. The van der Waals surface area contributed by atoms with Crippen LogP contribution in [0.2, 0.25) is 5.02 Å². The van der Waals surface area contributed by atoms with Gasteiger partial charge in [0.25, 0.3) is 0 Å². The molecule has 2 fully saturated rings. The lowest BCUT2D eigenvalue weighted by atomic mass is 9.76. The van der Waals surface area contributed by atoms with E-state index in [9.17, 15) is 0 Å². The van der Waals surface area contributed by atoms with Gasteiger partial charge < -0.3 is 15.2 Å². The molecule has 2 unspecified atom stereocenters. The molecule has 0 aliphatic carbocycles. The van der Waals surface area contributed by atoms with Crippen molar-refractivity contribution in [3.8, 4) is 0 Å². The number of aryl methyl sites for hydroxylation is 1. The summed E-state index contributed by atoms with van der Waals surface area (Å²) in [6.07, 6.45) is 4.04. The molecule has 116 valence electrons. The van der Waals surface area contributed by atoms with Gasteiger partial charge in [-0.2, -0.15) is 0 Å². The fourth-order valence-corrected chi connectivity index (χ4v) is 3.99. The molecule has 3 rings (SSSR count). The average molecular weight is 310 g/mol. The van der Waals surface area contributed by atoms with E-state index >= 15 is 0 Å². The Bertz CT molecular complexity index is 474. The summed E-state index contributed by atoms with van der Waals surface area (Å²) >= 11 is 6.18. The van der Waals surface area contributed by atoms with Crippen molar-refractivity contribution in [2.75, 3.05) is 19.8 Å². The molecule has 2 aliphatic heterocycles. The maximum Gasteiger partial charge on any atom is 0.0729 e. The second kappa shape index (κ2) is 6.25. The fourth-order valence-electron chi connectivity index (χ4n) is 3.69. The maximum absolute atomic E-state index is 6.55. The number of ether oxygens (including phenoxy) is 2. The molecule has 4 heteroatoms. The van der Waals surface area contributed by atoms with Crippen LogP contribution in [0.5, 0.6) is 0 Å². The lowest BCUT2D eigenvalue weighted by Crippen LogP contribution is -2.46. The lowest BCUT2D eigenvalue weighted by molar-refractivity contribution is -0.149. The summed E-state index contributed by atoms with van der Waals surface area (Å²) in [4.78, 5) is 0. The first-order valence-corrected chi connectivity index (χ1v) is 8.20. The van der Waals surface area contributed by atoms with Crippen molar-refractivity contribution in [1.82, 2.24) is 0 Å². The first-order chi connectivity index (χ1) is 10.1. The van der Waals surface area contributed by atoms with Crippen LogP contribution in [-0.2, 0) is 9.47 Å². The molecule has 1 spiro atoms. The molecule has 2 atom stereocenters. The Morgan fingerprint density at radius 2 is 2.00 bits per heavy atom. The van der Waals surface area contributed by atoms with Gasteiger partial charge in [-0.1, -0.05) is 17.7 Å². The van der Waals surface area contributed by atoms with Crippen molar-refractivity contribution in [2.45, 2.75) is 44.2 Å². The minimum absolute atomic E-state index is 0.00753. The smallest absolute Gasteiger partial charge is 0.0729 e. The fraction of sp³-hybridized carbons (Fsp3) is 0.647. The summed E-state index contributed by atoms with van der Waals surface area (Å²) < 4.78 is 11.6. The van der Waals surface area contributed by atoms with Gasteiger partial charge in [-0.05, 0) is 61.8 Å². The van der Waals surface area contributed by atoms with Crippen LogP contribution in [0.15, 0.2) is 18.2 Å². The highest BCUT2D eigenvalue weighted by Crippen LogP contribution is 2.41. The Kier molecular flexibility index (Phi) is 4.55. The zero-order chi connectivity index (χ0) is 14.9. The topological polar surface area (TPSA) is 44.5 Å². The molecule has 0 saturated carbocycles. The summed E-state index contributed by atoms with van der Waals surface area (Å²) in [7, 11) is 0. The molecule has 1 aromatic rings. The summed E-state index contributed by atoms with van der Waals surface area (Å²) in [5.41, 5.74) is 8.86. The number of hydrogen-bond acceptors (Lipinski definition) is 3. The molecule has 0 bridgehead atoms. The van der Waals surface area contributed by atoms with E-state index in [1.54, 1.807) is 0 Å². The summed E-state index contributed by atoms with van der Waals surface area (Å²) in [5.74, 6) is 0.453. The zero-order valence-corrected chi connectivity index (χ0v) is 13.4. The van der Waals surface area contributed by atoms with Gasteiger partial charge in [-0.25, -0.2) is 0 Å². The number of nitrogens with two attached hydrogens (primary N) is 1. The van der Waals surface area contributed by atoms with Gasteiger partial charge in [0, 0.05) is 30.9 Å². The van der Waals surface area contributed by atoms with Crippen LogP contribution < -0.4 is 5.73 Å². The van der Waals surface area contributed by atoms with Crippen LogP contribution in [-0.4, -0.2) is 25.4 Å². The summed E-state index contributed by atoms with van der Waals surface area (Å²) in [6, 6.07) is 6.17. The van der Waals surface area contributed by atoms with Crippen LogP contribution >= 0.6 is 11.6 Å². The van der Waals surface area contributed by atoms with Crippen molar-refractivity contribution in [3.63, 3.8) is 0 Å². The standard InChI is InChI=1S/C17H24ClNO2/c1-12-8-14(10-15(18)9-12)16(19)13-2-5-21-17(11-13)3-6-20-7-4-17/h8-10,13,16H,2-7,11,19H2,1H3. The van der Waals surface area contributed by atoms with Crippen molar-refractivity contribution < 1.29 is 9.47 Å². The third kappa shape index (κ3) is 3.42. The largest absolute Gasteiger partial charge is 0.381 e. The number of rotatable bonds is 2. The Morgan fingerprint density at radius 1 is 1.24 bits per heavy atom. The van der Waals surface area contributed by atoms with E-state index in [1.165, 1.54) is 5.56 Å². The first-order valence-electron chi connectivity index (χ1n) is 7.82. The van der Waals surface area contributed by atoms with Gasteiger partial charge in [0.1, 0.15) is 0 Å². The van der Waals surface area contributed by atoms with E-state index < -0.39 is 0 Å². The Morgan fingerprint density at radius 3 is 2.71 bits per heavy atom. The normalized spacial score (nSPS) is 26.7. The zero-order valence-electron chi connectivity index (χ0n) is 12.6. The van der Waals surface area contributed by atoms with Crippen molar-refractivity contribution >= 4 is 11.6 Å². The molecular formula is C17H24ClNO2. The van der Waals surface area contributed by atoms with Gasteiger partial charge in [-0.15, -0.1) is 0 Å². The third-order valence-electron chi connectivity index (χ3n) is 4.89. The van der Waals surface area contributed by atoms with Gasteiger partial charge in [0.2, 0.25) is 0 Å². The van der Waals surface area contributed by atoms with E-state index in [0.717, 1.165) is 56.1 Å².